The molecule has 0 saturated carbocycles. The van der Waals surface area contributed by atoms with Crippen LogP contribution in [-0.2, 0) is 59.5 Å². The minimum Gasteiger partial charge on any atom is -0.454 e. The lowest BCUT2D eigenvalue weighted by Crippen LogP contribution is -2.65. The van der Waals surface area contributed by atoms with Gasteiger partial charge >= 0.3 is 13.8 Å². The highest BCUT2D eigenvalue weighted by Crippen LogP contribution is 2.53. The molecule has 1 saturated heterocycles. The topological polar surface area (TPSA) is 108 Å². The molecule has 1 fully saturated rings. The van der Waals surface area contributed by atoms with Gasteiger partial charge in [-0.1, -0.05) is 108 Å². The Morgan fingerprint density at radius 1 is 0.784 bits per heavy atom. The molecule has 0 amide bonds. The van der Waals surface area contributed by atoms with Gasteiger partial charge in [0.2, 0.25) is 6.29 Å². The number of carbonyl (C=O) groups is 1. The van der Waals surface area contributed by atoms with E-state index in [1.807, 2.05) is 74.5 Å². The Kier molecular flexibility index (Phi) is 17.0. The van der Waals surface area contributed by atoms with E-state index in [0.717, 1.165) is 24.0 Å². The fourth-order valence-electron chi connectivity index (χ4n) is 4.87. The second kappa shape index (κ2) is 20.0. The van der Waals surface area contributed by atoms with Gasteiger partial charge in [-0.15, -0.1) is 0 Å². The first kappa shape index (κ1) is 43.5. The lowest BCUT2D eigenvalue weighted by atomic mass is 9.95. The van der Waals surface area contributed by atoms with Crippen molar-refractivity contribution < 1.29 is 46.3 Å². The van der Waals surface area contributed by atoms with Crippen molar-refractivity contribution in [1.29, 1.82) is 0 Å². The van der Waals surface area contributed by atoms with Crippen molar-refractivity contribution in [3.8, 4) is 0 Å². The van der Waals surface area contributed by atoms with Crippen LogP contribution < -0.4 is 0 Å². The summed E-state index contributed by atoms with van der Waals surface area (Å²) in [5, 5.41) is -0.173. The number of phosphoric acid groups is 1. The normalized spacial score (nSPS) is 21.8. The van der Waals surface area contributed by atoms with Gasteiger partial charge in [0.15, 0.2) is 14.4 Å². The quantitative estimate of drug-likeness (QED) is 0.0562. The summed E-state index contributed by atoms with van der Waals surface area (Å²) in [6.45, 7) is 21.0. The van der Waals surface area contributed by atoms with Crippen LogP contribution in [0.25, 0.3) is 0 Å². The predicted molar refractivity (Wildman–Crippen MR) is 202 cm³/mol. The Balaban J connectivity index is 2.13. The molecule has 0 aliphatic carbocycles. The Bertz CT molecular complexity index is 1330. The summed E-state index contributed by atoms with van der Waals surface area (Å²) >= 11 is 0. The molecule has 2 aromatic carbocycles. The van der Waals surface area contributed by atoms with E-state index >= 15 is 0 Å². The maximum atomic E-state index is 14.3. The number of hydrogen-bond acceptors (Lipinski definition) is 10. The molecule has 0 unspecified atom stereocenters. The molecule has 10 nitrogen and oxygen atoms in total. The first-order valence-corrected chi connectivity index (χ1v) is 22.8. The molecule has 0 radical (unpaired) electrons. The maximum absolute atomic E-state index is 14.3. The predicted octanol–water partition coefficient (Wildman–Crippen LogP) is 9.62. The van der Waals surface area contributed by atoms with E-state index in [2.05, 4.69) is 33.9 Å². The smallest absolute Gasteiger partial charge is 0.454 e. The molecule has 12 heteroatoms. The molecule has 5 atom stereocenters. The molecule has 2 aromatic rings. The number of rotatable bonds is 20. The van der Waals surface area contributed by atoms with Crippen LogP contribution >= 0.6 is 7.82 Å². The van der Waals surface area contributed by atoms with Gasteiger partial charge in [0.05, 0.1) is 38.4 Å². The van der Waals surface area contributed by atoms with E-state index in [-0.39, 0.29) is 31.5 Å². The van der Waals surface area contributed by atoms with Crippen molar-refractivity contribution in [3.05, 3.63) is 71.8 Å². The molecule has 3 rings (SSSR count). The van der Waals surface area contributed by atoms with E-state index in [1.165, 1.54) is 0 Å². The summed E-state index contributed by atoms with van der Waals surface area (Å²) in [5.41, 5.74) is 1.04. The lowest BCUT2D eigenvalue weighted by Gasteiger charge is -2.49. The van der Waals surface area contributed by atoms with Gasteiger partial charge in [-0.05, 0) is 62.9 Å². The summed E-state index contributed by atoms with van der Waals surface area (Å²) in [5.74, 6) is -0.503. The second-order valence-electron chi connectivity index (χ2n) is 15.7. The number of carbonyl (C=O) groups excluding carboxylic acids is 1. The van der Waals surface area contributed by atoms with E-state index in [4.69, 9.17) is 36.9 Å². The molecule has 0 aromatic heterocycles. The molecule has 288 valence electrons. The van der Waals surface area contributed by atoms with E-state index in [0.29, 0.717) is 19.4 Å². The third-order valence-corrected chi connectivity index (χ3v) is 15.0. The third kappa shape index (κ3) is 13.8. The molecular weight excluding hydrogens is 687 g/mol. The Morgan fingerprint density at radius 3 is 1.80 bits per heavy atom. The molecule has 0 bridgehead atoms. The average molecular weight is 751 g/mol. The van der Waals surface area contributed by atoms with Crippen molar-refractivity contribution in [2.45, 2.75) is 143 Å². The summed E-state index contributed by atoms with van der Waals surface area (Å²) in [7, 11) is -6.71. The molecular formula is C39H63O10PSi. The highest BCUT2D eigenvalue weighted by molar-refractivity contribution is 7.48. The Morgan fingerprint density at radius 2 is 1.31 bits per heavy atom. The van der Waals surface area contributed by atoms with Crippen LogP contribution in [0.15, 0.2) is 60.7 Å². The third-order valence-electron chi connectivity index (χ3n) is 9.09. The minimum absolute atomic E-state index is 0.0941. The van der Waals surface area contributed by atoms with Crippen molar-refractivity contribution in [2.24, 2.45) is 5.41 Å². The van der Waals surface area contributed by atoms with Crippen molar-refractivity contribution >= 4 is 22.1 Å². The first-order valence-electron chi connectivity index (χ1n) is 18.4. The van der Waals surface area contributed by atoms with E-state index in [1.54, 1.807) is 20.8 Å². The molecule has 1 aliphatic heterocycles. The molecule has 51 heavy (non-hydrogen) atoms. The second-order valence-corrected chi connectivity index (χ2v) is 22.1. The van der Waals surface area contributed by atoms with Gasteiger partial charge in [0.25, 0.3) is 0 Å². The van der Waals surface area contributed by atoms with Gasteiger partial charge in [-0.3, -0.25) is 18.4 Å². The summed E-state index contributed by atoms with van der Waals surface area (Å²) < 4.78 is 65.3. The summed E-state index contributed by atoms with van der Waals surface area (Å²) in [4.78, 5) is 13.7. The van der Waals surface area contributed by atoms with Crippen molar-refractivity contribution in [2.75, 3.05) is 19.8 Å². The number of ether oxygens (including phenoxy) is 4. The summed E-state index contributed by atoms with van der Waals surface area (Å²) in [6.07, 6.45) is -2.06. The van der Waals surface area contributed by atoms with Crippen LogP contribution in [0.4, 0.5) is 0 Å². The average Bonchev–Trinajstić information content (AvgIpc) is 3.06. The number of esters is 1. The number of unbranched alkanes of at least 4 members (excludes halogenated alkanes) is 2. The summed E-state index contributed by atoms with van der Waals surface area (Å²) in [6, 6.07) is 19.6. The van der Waals surface area contributed by atoms with E-state index < -0.39 is 58.2 Å². The van der Waals surface area contributed by atoms with Crippen LogP contribution in [0.1, 0.15) is 92.2 Å². The van der Waals surface area contributed by atoms with Crippen LogP contribution in [0, 0.1) is 5.41 Å². The van der Waals surface area contributed by atoms with Crippen LogP contribution in [-0.4, -0.2) is 64.8 Å². The fraction of sp³-hybridized carbons (Fsp3) is 0.667. The molecule has 1 aliphatic rings. The Labute approximate surface area is 307 Å². The van der Waals surface area contributed by atoms with E-state index in [9.17, 15) is 9.36 Å². The molecule has 1 heterocycles. The number of phosphoric ester groups is 1. The van der Waals surface area contributed by atoms with Gasteiger partial charge in [-0.2, -0.15) is 0 Å². The van der Waals surface area contributed by atoms with Crippen LogP contribution in [0.2, 0.25) is 18.1 Å². The SMILES string of the molecule is CCCCOP(=O)(OCCCC)O[C@H]1O[C@H](COCc2ccccc2)[C@@H](O[Si](C)(C)C(C)(C)C)[C@H](OCc2ccccc2)[C@H]1OC(=O)C(C)(C)C. The monoisotopic (exact) mass is 750 g/mol. The van der Waals surface area contributed by atoms with Crippen molar-refractivity contribution in [1.82, 2.24) is 0 Å². The zero-order chi connectivity index (χ0) is 37.7. The standard InChI is InChI=1S/C39H63O10PSi/c1-11-13-25-44-50(41,45-26-14-12-2)48-36-35(47-37(40)38(3,4)5)34(43-28-31-23-19-16-20-24-31)33(49-51(9,10)39(6,7)8)32(46-36)29-42-27-30-21-17-15-18-22-30/h15-24,32-36H,11-14,25-29H2,1-10H3/t32-,33-,34+,35-,36-/m1/s1. The van der Waals surface area contributed by atoms with Gasteiger partial charge < -0.3 is 23.4 Å². The van der Waals surface area contributed by atoms with Crippen LogP contribution in [0.5, 0.6) is 0 Å². The van der Waals surface area contributed by atoms with Gasteiger partial charge in [-0.25, -0.2) is 4.57 Å². The molecule has 0 spiro atoms. The Hall–Kier alpha value is -1.92. The zero-order valence-corrected chi connectivity index (χ0v) is 34.4. The fourth-order valence-corrected chi connectivity index (χ4v) is 7.52. The zero-order valence-electron chi connectivity index (χ0n) is 32.6. The molecule has 0 N–H and O–H groups in total. The number of hydrogen-bond donors (Lipinski definition) is 0. The van der Waals surface area contributed by atoms with Gasteiger partial charge in [0, 0.05) is 0 Å². The maximum Gasteiger partial charge on any atom is 0.477 e. The number of benzene rings is 2. The largest absolute Gasteiger partial charge is 0.477 e. The lowest BCUT2D eigenvalue weighted by molar-refractivity contribution is -0.296. The highest BCUT2D eigenvalue weighted by atomic mass is 31.2. The van der Waals surface area contributed by atoms with Crippen LogP contribution in [0.3, 0.4) is 0 Å². The first-order chi connectivity index (χ1) is 24.0. The van der Waals surface area contributed by atoms with Gasteiger partial charge in [0.1, 0.15) is 18.3 Å². The minimum atomic E-state index is -4.20. The van der Waals surface area contributed by atoms with Crippen molar-refractivity contribution in [3.63, 3.8) is 0 Å². The highest BCUT2D eigenvalue weighted by Gasteiger charge is 2.55.